The molecular weight excluding hydrogens is 207 g/mol. The minimum atomic E-state index is -0.374. The van der Waals surface area contributed by atoms with Crippen molar-refractivity contribution in [2.24, 2.45) is 5.92 Å². The Bertz CT molecular complexity index is 404. The average Bonchev–Trinajstić information content (AvgIpc) is 3.02. The molecule has 1 aromatic carbocycles. The number of benzene rings is 1. The lowest BCUT2D eigenvalue weighted by atomic mass is 10.0. The molecule has 0 unspecified atom stereocenters. The van der Waals surface area contributed by atoms with Crippen LogP contribution in [0.1, 0.15) is 36.0 Å². The van der Waals surface area contributed by atoms with Gasteiger partial charge in [0.15, 0.2) is 5.78 Å². The molecule has 3 heteroatoms. The molecule has 1 aliphatic rings. The zero-order chi connectivity index (χ0) is 11.5. The third kappa shape index (κ3) is 2.99. The van der Waals surface area contributed by atoms with Gasteiger partial charge in [-0.05, 0) is 43.0 Å². The highest BCUT2D eigenvalue weighted by Gasteiger charge is 2.25. The standard InChI is InChI=1S/C13H13FO2/c14-11-5-3-10(4-6-11)13(16)8-12(15)7-9-1-2-9/h3-6,9H,1-2,7-8H2. The SMILES string of the molecule is O=C(CC(=O)c1ccc(F)cc1)CC1CC1. The molecule has 0 bridgehead atoms. The molecule has 0 spiro atoms. The number of halogens is 1. The summed E-state index contributed by atoms with van der Waals surface area (Å²) in [5.74, 6) is -0.0863. The lowest BCUT2D eigenvalue weighted by Crippen LogP contribution is -2.08. The molecule has 2 nitrogen and oxygen atoms in total. The Morgan fingerprint density at radius 2 is 1.81 bits per heavy atom. The van der Waals surface area contributed by atoms with Gasteiger partial charge in [-0.2, -0.15) is 0 Å². The van der Waals surface area contributed by atoms with Gasteiger partial charge in [0.1, 0.15) is 11.6 Å². The molecule has 0 saturated heterocycles. The predicted octanol–water partition coefficient (Wildman–Crippen LogP) is 2.77. The van der Waals surface area contributed by atoms with Crippen molar-refractivity contribution in [3.8, 4) is 0 Å². The van der Waals surface area contributed by atoms with Gasteiger partial charge in [0.05, 0.1) is 6.42 Å². The Morgan fingerprint density at radius 3 is 2.38 bits per heavy atom. The molecule has 1 aromatic rings. The average molecular weight is 220 g/mol. The van der Waals surface area contributed by atoms with Crippen LogP contribution in [0.4, 0.5) is 4.39 Å². The van der Waals surface area contributed by atoms with Gasteiger partial charge in [0.2, 0.25) is 0 Å². The second kappa shape index (κ2) is 4.56. The first-order valence-electron chi connectivity index (χ1n) is 5.45. The van der Waals surface area contributed by atoms with Crippen molar-refractivity contribution in [3.05, 3.63) is 35.6 Å². The number of hydrogen-bond acceptors (Lipinski definition) is 2. The fraction of sp³-hybridized carbons (Fsp3) is 0.385. The van der Waals surface area contributed by atoms with E-state index in [-0.39, 0.29) is 23.8 Å². The highest BCUT2D eigenvalue weighted by molar-refractivity contribution is 6.07. The molecule has 0 atom stereocenters. The van der Waals surface area contributed by atoms with Crippen LogP contribution in [0.5, 0.6) is 0 Å². The Labute approximate surface area is 93.5 Å². The third-order valence-corrected chi connectivity index (χ3v) is 2.74. The quantitative estimate of drug-likeness (QED) is 0.564. The van der Waals surface area contributed by atoms with E-state index >= 15 is 0 Å². The summed E-state index contributed by atoms with van der Waals surface area (Å²) in [5.41, 5.74) is 0.408. The van der Waals surface area contributed by atoms with Crippen molar-refractivity contribution < 1.29 is 14.0 Å². The normalized spacial score (nSPS) is 14.8. The summed E-state index contributed by atoms with van der Waals surface area (Å²) in [5, 5.41) is 0. The maximum absolute atomic E-state index is 12.6. The number of Topliss-reactive ketones (excluding diaryl/α,β-unsaturated/α-hetero) is 2. The molecule has 2 rings (SSSR count). The van der Waals surface area contributed by atoms with Crippen molar-refractivity contribution in [3.63, 3.8) is 0 Å². The van der Waals surface area contributed by atoms with Crippen molar-refractivity contribution >= 4 is 11.6 Å². The summed E-state index contributed by atoms with van der Waals surface area (Å²) in [6.07, 6.45) is 2.68. The van der Waals surface area contributed by atoms with E-state index in [2.05, 4.69) is 0 Å². The molecule has 1 fully saturated rings. The summed E-state index contributed by atoms with van der Waals surface area (Å²) >= 11 is 0. The number of ketones is 2. The lowest BCUT2D eigenvalue weighted by Gasteiger charge is -2.00. The molecule has 0 aromatic heterocycles. The Morgan fingerprint density at radius 1 is 1.19 bits per heavy atom. The molecule has 1 saturated carbocycles. The molecule has 1 aliphatic carbocycles. The maximum atomic E-state index is 12.6. The van der Waals surface area contributed by atoms with Crippen LogP contribution >= 0.6 is 0 Å². The Kier molecular flexibility index (Phi) is 3.13. The van der Waals surface area contributed by atoms with Crippen molar-refractivity contribution in [2.75, 3.05) is 0 Å². The molecule has 0 N–H and O–H groups in total. The van der Waals surface area contributed by atoms with Crippen molar-refractivity contribution in [1.82, 2.24) is 0 Å². The van der Waals surface area contributed by atoms with Gasteiger partial charge in [0.25, 0.3) is 0 Å². The monoisotopic (exact) mass is 220 g/mol. The first-order chi connectivity index (χ1) is 7.65. The van der Waals surface area contributed by atoms with Crippen LogP contribution in [-0.2, 0) is 4.79 Å². The molecule has 84 valence electrons. The minimum Gasteiger partial charge on any atom is -0.299 e. The molecule has 16 heavy (non-hydrogen) atoms. The first-order valence-corrected chi connectivity index (χ1v) is 5.45. The van der Waals surface area contributed by atoms with Gasteiger partial charge in [-0.3, -0.25) is 9.59 Å². The van der Waals surface area contributed by atoms with E-state index in [9.17, 15) is 14.0 Å². The molecule has 0 heterocycles. The summed E-state index contributed by atoms with van der Waals surface area (Å²) < 4.78 is 12.6. The maximum Gasteiger partial charge on any atom is 0.170 e. The van der Waals surface area contributed by atoms with E-state index in [0.717, 1.165) is 12.8 Å². The molecule has 0 amide bonds. The van der Waals surface area contributed by atoms with Crippen LogP contribution < -0.4 is 0 Å². The number of rotatable bonds is 5. The summed E-state index contributed by atoms with van der Waals surface area (Å²) in [6, 6.07) is 5.31. The second-order valence-corrected chi connectivity index (χ2v) is 4.29. The van der Waals surface area contributed by atoms with Crippen LogP contribution in [0.2, 0.25) is 0 Å². The van der Waals surface area contributed by atoms with E-state index < -0.39 is 0 Å². The van der Waals surface area contributed by atoms with Crippen LogP contribution in [0.15, 0.2) is 24.3 Å². The van der Waals surface area contributed by atoms with Crippen LogP contribution in [-0.4, -0.2) is 11.6 Å². The van der Waals surface area contributed by atoms with Crippen LogP contribution in [0.3, 0.4) is 0 Å². The van der Waals surface area contributed by atoms with Crippen LogP contribution in [0, 0.1) is 11.7 Å². The minimum absolute atomic E-state index is 0.00294. The fourth-order valence-corrected chi connectivity index (χ4v) is 1.63. The fourth-order valence-electron chi connectivity index (χ4n) is 1.63. The Hall–Kier alpha value is -1.51. The zero-order valence-electron chi connectivity index (χ0n) is 8.91. The highest BCUT2D eigenvalue weighted by Crippen LogP contribution is 2.32. The lowest BCUT2D eigenvalue weighted by molar-refractivity contribution is -0.118. The van der Waals surface area contributed by atoms with Gasteiger partial charge in [-0.1, -0.05) is 0 Å². The molecular formula is C13H13FO2. The van der Waals surface area contributed by atoms with E-state index in [0.29, 0.717) is 17.9 Å². The highest BCUT2D eigenvalue weighted by atomic mass is 19.1. The second-order valence-electron chi connectivity index (χ2n) is 4.29. The van der Waals surface area contributed by atoms with Gasteiger partial charge in [0, 0.05) is 12.0 Å². The van der Waals surface area contributed by atoms with Crippen molar-refractivity contribution in [2.45, 2.75) is 25.7 Å². The van der Waals surface area contributed by atoms with Crippen LogP contribution in [0.25, 0.3) is 0 Å². The Balaban J connectivity index is 1.91. The first kappa shape index (κ1) is 11.0. The molecule has 0 radical (unpaired) electrons. The number of carbonyl (C=O) groups is 2. The summed E-state index contributed by atoms with van der Waals surface area (Å²) in [6.45, 7) is 0. The van der Waals surface area contributed by atoms with Gasteiger partial charge in [-0.15, -0.1) is 0 Å². The van der Waals surface area contributed by atoms with Gasteiger partial charge in [-0.25, -0.2) is 4.39 Å². The number of hydrogen-bond donors (Lipinski definition) is 0. The topological polar surface area (TPSA) is 34.1 Å². The third-order valence-electron chi connectivity index (χ3n) is 2.74. The van der Waals surface area contributed by atoms with Gasteiger partial charge < -0.3 is 0 Å². The van der Waals surface area contributed by atoms with E-state index in [1.54, 1.807) is 0 Å². The summed E-state index contributed by atoms with van der Waals surface area (Å²) in [7, 11) is 0. The van der Waals surface area contributed by atoms with Crippen molar-refractivity contribution in [1.29, 1.82) is 0 Å². The van der Waals surface area contributed by atoms with E-state index in [4.69, 9.17) is 0 Å². The van der Waals surface area contributed by atoms with Gasteiger partial charge >= 0.3 is 0 Å². The largest absolute Gasteiger partial charge is 0.299 e. The number of carbonyl (C=O) groups excluding carboxylic acids is 2. The van der Waals surface area contributed by atoms with E-state index in [1.165, 1.54) is 24.3 Å². The molecule has 0 aliphatic heterocycles. The predicted molar refractivity (Wildman–Crippen MR) is 57.7 cm³/mol. The zero-order valence-corrected chi connectivity index (χ0v) is 8.91. The van der Waals surface area contributed by atoms with E-state index in [1.807, 2.05) is 0 Å². The smallest absolute Gasteiger partial charge is 0.170 e. The summed E-state index contributed by atoms with van der Waals surface area (Å²) in [4.78, 5) is 23.1.